The minimum atomic E-state index is -0.431. The Morgan fingerprint density at radius 2 is 2.00 bits per heavy atom. The van der Waals surface area contributed by atoms with Crippen molar-refractivity contribution < 1.29 is 9.18 Å². The predicted octanol–water partition coefficient (Wildman–Crippen LogP) is 1.86. The second-order valence-electron chi connectivity index (χ2n) is 8.61. The van der Waals surface area contributed by atoms with Crippen LogP contribution in [0.4, 0.5) is 4.39 Å². The molecule has 1 saturated heterocycles. The zero-order valence-corrected chi connectivity index (χ0v) is 19.4. The number of benzene rings is 1. The Hall–Kier alpha value is -3.04. The third-order valence-electron chi connectivity index (χ3n) is 6.03. The zero-order chi connectivity index (χ0) is 24.0. The Kier molecular flexibility index (Phi) is 8.35. The van der Waals surface area contributed by atoms with E-state index >= 15 is 0 Å². The van der Waals surface area contributed by atoms with Crippen LogP contribution in [0.25, 0.3) is 6.08 Å². The van der Waals surface area contributed by atoms with E-state index in [1.165, 1.54) is 36.0 Å². The Bertz CT molecular complexity index is 1120. The molecular weight excluding hydrogens is 425 g/mol. The summed E-state index contributed by atoms with van der Waals surface area (Å²) in [6, 6.07) is 7.14. The molecule has 33 heavy (non-hydrogen) atoms. The van der Waals surface area contributed by atoms with Gasteiger partial charge in [0.1, 0.15) is 5.82 Å². The lowest BCUT2D eigenvalue weighted by Crippen LogP contribution is -2.37. The zero-order valence-electron chi connectivity index (χ0n) is 19.4. The van der Waals surface area contributed by atoms with Gasteiger partial charge in [-0.1, -0.05) is 25.0 Å². The van der Waals surface area contributed by atoms with Gasteiger partial charge in [0, 0.05) is 52.0 Å². The van der Waals surface area contributed by atoms with Crippen LogP contribution in [0.1, 0.15) is 49.3 Å². The first-order valence-corrected chi connectivity index (χ1v) is 11.2. The number of hydrogen-bond donors (Lipinski definition) is 2. The van der Waals surface area contributed by atoms with Gasteiger partial charge in [-0.3, -0.25) is 25.0 Å². The van der Waals surface area contributed by atoms with Crippen LogP contribution < -0.4 is 22.1 Å². The lowest BCUT2D eigenvalue weighted by molar-refractivity contribution is -0.124. The monoisotopic (exact) mass is 457 g/mol. The molecule has 0 saturated carbocycles. The quantitative estimate of drug-likeness (QED) is 0.443. The highest BCUT2D eigenvalue weighted by Gasteiger charge is 2.24. The predicted molar refractivity (Wildman–Crippen MR) is 126 cm³/mol. The number of aryl methyl sites for hydroxylation is 1. The molecule has 178 valence electrons. The highest BCUT2D eigenvalue weighted by atomic mass is 19.1. The maximum atomic E-state index is 13.4. The van der Waals surface area contributed by atoms with Crippen molar-refractivity contribution in [3.8, 4) is 0 Å². The minimum Gasteiger partial charge on any atom is -0.342 e. The summed E-state index contributed by atoms with van der Waals surface area (Å²) in [6.45, 7) is 0.622. The van der Waals surface area contributed by atoms with Crippen molar-refractivity contribution in [1.29, 1.82) is 0 Å². The van der Waals surface area contributed by atoms with E-state index in [2.05, 4.69) is 10.9 Å². The molecule has 8 nitrogen and oxygen atoms in total. The summed E-state index contributed by atoms with van der Waals surface area (Å²) in [5.74, 6) is -0.409. The van der Waals surface area contributed by atoms with Crippen molar-refractivity contribution in [3.63, 3.8) is 0 Å². The molecule has 0 spiro atoms. The summed E-state index contributed by atoms with van der Waals surface area (Å²) in [7, 11) is 4.71. The van der Waals surface area contributed by atoms with Crippen molar-refractivity contribution in [3.05, 3.63) is 74.3 Å². The van der Waals surface area contributed by atoms with E-state index in [-0.39, 0.29) is 23.3 Å². The number of unbranched alkanes of at least 4 members (excludes halogenated alkanes) is 2. The number of rotatable bonds is 9. The van der Waals surface area contributed by atoms with Crippen LogP contribution in [0.3, 0.4) is 0 Å². The molecule has 1 aliphatic rings. The lowest BCUT2D eigenvalue weighted by atomic mass is 9.99. The first-order valence-electron chi connectivity index (χ1n) is 11.2. The summed E-state index contributed by atoms with van der Waals surface area (Å²) in [5, 5.41) is 0. The average Bonchev–Trinajstić information content (AvgIpc) is 3.27. The van der Waals surface area contributed by atoms with E-state index in [0.29, 0.717) is 12.6 Å². The number of nitrogens with one attached hydrogen (secondary N) is 2. The van der Waals surface area contributed by atoms with Crippen molar-refractivity contribution in [1.82, 2.24) is 24.9 Å². The molecule has 0 radical (unpaired) electrons. The maximum absolute atomic E-state index is 13.4. The molecule has 1 aromatic carbocycles. The van der Waals surface area contributed by atoms with Crippen LogP contribution >= 0.6 is 0 Å². The van der Waals surface area contributed by atoms with Gasteiger partial charge in [-0.2, -0.15) is 0 Å². The highest BCUT2D eigenvalue weighted by Crippen LogP contribution is 2.25. The lowest BCUT2D eigenvalue weighted by Gasteiger charge is -2.15. The van der Waals surface area contributed by atoms with Gasteiger partial charge in [-0.15, -0.1) is 0 Å². The largest absolute Gasteiger partial charge is 0.342 e. The molecule has 1 amide bonds. The second kappa shape index (κ2) is 11.2. The normalized spacial score (nSPS) is 18.2. The molecular formula is C24H32FN5O3. The first kappa shape index (κ1) is 24.6. The smallest absolute Gasteiger partial charge is 0.330 e. The van der Waals surface area contributed by atoms with E-state index in [1.807, 2.05) is 6.07 Å². The van der Waals surface area contributed by atoms with E-state index in [4.69, 9.17) is 0 Å². The molecule has 2 atom stereocenters. The molecule has 2 aromatic rings. The number of likely N-dealkylation sites (N-methyl/N-ethyl adjacent to an activating group) is 1. The van der Waals surface area contributed by atoms with Crippen molar-refractivity contribution in [2.24, 2.45) is 14.1 Å². The molecule has 3 rings (SSSR count). The van der Waals surface area contributed by atoms with Gasteiger partial charge in [0.05, 0.1) is 5.56 Å². The number of carbonyl (C=O) groups excluding carboxylic acids is 1. The topological polar surface area (TPSA) is 88.4 Å². The second-order valence-corrected chi connectivity index (χ2v) is 8.61. The SMILES string of the molecule is CN(CCCCCC1CC(c2cccc(F)c2)NN1)C(=O)/C=C/c1cn(C)c(=O)n(C)c1=O. The average molecular weight is 458 g/mol. The van der Waals surface area contributed by atoms with Gasteiger partial charge >= 0.3 is 5.69 Å². The summed E-state index contributed by atoms with van der Waals surface area (Å²) in [4.78, 5) is 37.9. The van der Waals surface area contributed by atoms with Crippen LogP contribution in [-0.4, -0.2) is 39.6 Å². The molecule has 1 aromatic heterocycles. The number of hydrogen-bond acceptors (Lipinski definition) is 5. The summed E-state index contributed by atoms with van der Waals surface area (Å²) < 4.78 is 15.7. The molecule has 1 aliphatic heterocycles. The highest BCUT2D eigenvalue weighted by molar-refractivity contribution is 5.91. The van der Waals surface area contributed by atoms with Gasteiger partial charge in [-0.25, -0.2) is 9.18 Å². The van der Waals surface area contributed by atoms with Crippen molar-refractivity contribution in [2.45, 2.75) is 44.2 Å². The summed E-state index contributed by atoms with van der Waals surface area (Å²) in [6.07, 6.45) is 9.07. The first-order chi connectivity index (χ1) is 15.8. The third kappa shape index (κ3) is 6.49. The van der Waals surface area contributed by atoms with E-state index in [0.717, 1.165) is 42.2 Å². The Labute approximate surface area is 192 Å². The Morgan fingerprint density at radius 3 is 2.76 bits per heavy atom. The third-order valence-corrected chi connectivity index (χ3v) is 6.03. The molecule has 2 unspecified atom stereocenters. The fourth-order valence-corrected chi connectivity index (χ4v) is 4.02. The standard InChI is InChI=1S/C24H32FN5O3/c1-28(22(31)12-11-18-16-29(2)24(33)30(3)23(18)32)13-6-4-5-10-20-15-21(27-26-20)17-8-7-9-19(25)14-17/h7-9,11-12,14,16,20-21,26-27H,4-6,10,13,15H2,1-3H3/b12-11+. The fraction of sp³-hybridized carbons (Fsp3) is 0.458. The van der Waals surface area contributed by atoms with Gasteiger partial charge in [0.2, 0.25) is 5.91 Å². The van der Waals surface area contributed by atoms with E-state index < -0.39 is 11.2 Å². The van der Waals surface area contributed by atoms with Crippen LogP contribution in [0.2, 0.25) is 0 Å². The van der Waals surface area contributed by atoms with Crippen molar-refractivity contribution >= 4 is 12.0 Å². The maximum Gasteiger partial charge on any atom is 0.330 e. The molecule has 9 heteroatoms. The number of halogens is 1. The van der Waals surface area contributed by atoms with Gasteiger partial charge in [0.15, 0.2) is 0 Å². The molecule has 2 N–H and O–H groups in total. The number of carbonyl (C=O) groups is 1. The van der Waals surface area contributed by atoms with Crippen LogP contribution in [0.5, 0.6) is 0 Å². The van der Waals surface area contributed by atoms with Gasteiger partial charge in [0.25, 0.3) is 5.56 Å². The molecule has 0 bridgehead atoms. The van der Waals surface area contributed by atoms with E-state index in [1.54, 1.807) is 31.1 Å². The molecule has 2 heterocycles. The van der Waals surface area contributed by atoms with Crippen LogP contribution in [0.15, 0.2) is 46.1 Å². The minimum absolute atomic E-state index is 0.116. The Morgan fingerprint density at radius 1 is 1.21 bits per heavy atom. The Balaban J connectivity index is 1.37. The van der Waals surface area contributed by atoms with Crippen molar-refractivity contribution in [2.75, 3.05) is 13.6 Å². The number of nitrogens with zero attached hydrogens (tertiary/aromatic N) is 3. The van der Waals surface area contributed by atoms with E-state index in [9.17, 15) is 18.8 Å². The molecule has 1 fully saturated rings. The fourth-order valence-electron chi connectivity index (χ4n) is 4.02. The number of hydrazine groups is 1. The number of aromatic nitrogens is 2. The summed E-state index contributed by atoms with van der Waals surface area (Å²) >= 11 is 0. The molecule has 0 aliphatic carbocycles. The van der Waals surface area contributed by atoms with Gasteiger partial charge in [-0.05, 0) is 43.0 Å². The summed E-state index contributed by atoms with van der Waals surface area (Å²) in [5.41, 5.74) is 6.94. The van der Waals surface area contributed by atoms with Crippen LogP contribution in [0, 0.1) is 5.82 Å². The number of amides is 1. The van der Waals surface area contributed by atoms with Gasteiger partial charge < -0.3 is 9.47 Å². The van der Waals surface area contributed by atoms with Crippen LogP contribution in [-0.2, 0) is 18.9 Å².